The molecule has 0 bridgehead atoms. The van der Waals surface area contributed by atoms with Gasteiger partial charge < -0.3 is 13.9 Å². The lowest BCUT2D eigenvalue weighted by Crippen LogP contribution is -2.53. The Morgan fingerprint density at radius 2 is 1.76 bits per heavy atom. The molecule has 2 aliphatic rings. The smallest absolute Gasteiger partial charge is 0.258 e. The van der Waals surface area contributed by atoms with Gasteiger partial charge in [-0.15, -0.1) is 0 Å². The Hall–Kier alpha value is -1.21. The first-order chi connectivity index (χ1) is 11.9. The van der Waals surface area contributed by atoms with E-state index in [1.54, 1.807) is 12.0 Å². The van der Waals surface area contributed by atoms with Crippen molar-refractivity contribution in [1.82, 2.24) is 9.96 Å². The largest absolute Gasteiger partial charge is 0.430 e. The van der Waals surface area contributed by atoms with E-state index in [1.165, 1.54) is 0 Å². The molecule has 0 N–H and O–H groups in total. The fourth-order valence-electron chi connectivity index (χ4n) is 4.10. The third-order valence-electron chi connectivity index (χ3n) is 5.46. The molecule has 5 nitrogen and oxygen atoms in total. The molecule has 7 heteroatoms. The first-order valence-electron chi connectivity index (χ1n) is 8.26. The Labute approximate surface area is 159 Å². The highest BCUT2D eigenvalue weighted by Gasteiger charge is 2.53. The van der Waals surface area contributed by atoms with E-state index >= 15 is 0 Å². The number of benzene rings is 1. The van der Waals surface area contributed by atoms with Crippen LogP contribution in [0.2, 0.25) is 5.02 Å². The van der Waals surface area contributed by atoms with Crippen molar-refractivity contribution < 1.29 is 13.8 Å². The van der Waals surface area contributed by atoms with Crippen LogP contribution in [0.15, 0.2) is 17.9 Å². The number of halogens is 1. The number of nitrogens with zero attached hydrogens (tertiary/aromatic N) is 2. The van der Waals surface area contributed by atoms with Gasteiger partial charge in [-0.05, 0) is 55.5 Å². The van der Waals surface area contributed by atoms with Crippen molar-refractivity contribution in [1.29, 1.82) is 0 Å². The van der Waals surface area contributed by atoms with E-state index in [1.807, 2.05) is 38.1 Å². The van der Waals surface area contributed by atoms with E-state index in [-0.39, 0.29) is 5.91 Å². The van der Waals surface area contributed by atoms with Crippen LogP contribution in [0, 0.1) is 13.8 Å². The zero-order valence-corrected chi connectivity index (χ0v) is 16.6. The number of piperidine rings is 1. The van der Waals surface area contributed by atoms with Gasteiger partial charge >= 0.3 is 0 Å². The summed E-state index contributed by atoms with van der Waals surface area (Å²) in [6.45, 7) is 5.37. The molecule has 0 saturated carbocycles. The third-order valence-corrected chi connectivity index (χ3v) is 5.86. The number of carbonyl (C=O) groups excluding carboxylic acids is 1. The number of carbonyl (C=O) groups is 1. The van der Waals surface area contributed by atoms with E-state index in [0.29, 0.717) is 16.4 Å². The molecular formula is C18H23ClN2O3S. The van der Waals surface area contributed by atoms with E-state index in [9.17, 15) is 4.79 Å². The lowest BCUT2D eigenvalue weighted by Gasteiger charge is -2.43. The number of likely N-dealkylation sites (N-methyl/N-ethyl adjacent to an activating group) is 1. The van der Waals surface area contributed by atoms with Gasteiger partial charge in [0.05, 0.1) is 12.7 Å². The summed E-state index contributed by atoms with van der Waals surface area (Å²) in [6, 6.07) is 3.75. The Morgan fingerprint density at radius 3 is 2.24 bits per heavy atom. The normalized spacial score (nSPS) is 20.7. The van der Waals surface area contributed by atoms with Crippen molar-refractivity contribution in [3.05, 3.63) is 39.6 Å². The minimum Gasteiger partial charge on any atom is -0.430 e. The monoisotopic (exact) mass is 382 g/mol. The van der Waals surface area contributed by atoms with Crippen molar-refractivity contribution in [2.24, 2.45) is 0 Å². The van der Waals surface area contributed by atoms with Gasteiger partial charge in [0.15, 0.2) is 5.76 Å². The standard InChI is InChI=1S/C18H23ClN2O3S/c1-11-9-13(19)10-12(2)14(11)15-16(24-25)18(20(3)17(15)22)5-7-21(23-4)8-6-18/h9-10,25H,5-8H2,1-4H3. The van der Waals surface area contributed by atoms with Crippen molar-refractivity contribution >= 4 is 36.0 Å². The Kier molecular flexibility index (Phi) is 5.08. The molecule has 0 atom stereocenters. The molecule has 0 aliphatic carbocycles. The molecule has 136 valence electrons. The van der Waals surface area contributed by atoms with Crippen molar-refractivity contribution in [2.45, 2.75) is 32.2 Å². The van der Waals surface area contributed by atoms with Crippen LogP contribution in [0.5, 0.6) is 0 Å². The third kappa shape index (κ3) is 2.85. The van der Waals surface area contributed by atoms with Crippen LogP contribution in [0.25, 0.3) is 5.57 Å². The van der Waals surface area contributed by atoms with Crippen LogP contribution in [0.3, 0.4) is 0 Å². The molecule has 0 aromatic heterocycles. The maximum absolute atomic E-state index is 13.2. The van der Waals surface area contributed by atoms with Crippen molar-refractivity contribution in [3.63, 3.8) is 0 Å². The molecule has 1 amide bonds. The summed E-state index contributed by atoms with van der Waals surface area (Å²) in [5, 5.41) is 2.56. The topological polar surface area (TPSA) is 42.0 Å². The molecule has 1 spiro atoms. The van der Waals surface area contributed by atoms with Gasteiger partial charge in [0.2, 0.25) is 0 Å². The Balaban J connectivity index is 2.15. The lowest BCUT2D eigenvalue weighted by atomic mass is 9.84. The minimum absolute atomic E-state index is 0.0385. The highest BCUT2D eigenvalue weighted by atomic mass is 35.5. The highest BCUT2D eigenvalue weighted by molar-refractivity contribution is 7.75. The summed E-state index contributed by atoms with van der Waals surface area (Å²) in [5.41, 5.74) is 2.90. The van der Waals surface area contributed by atoms with Crippen LogP contribution in [0.1, 0.15) is 29.5 Å². The van der Waals surface area contributed by atoms with E-state index < -0.39 is 5.54 Å². The second kappa shape index (κ2) is 6.83. The van der Waals surface area contributed by atoms with Crippen molar-refractivity contribution in [2.75, 3.05) is 27.2 Å². The number of hydroxylamine groups is 2. The van der Waals surface area contributed by atoms with Gasteiger partial charge in [-0.3, -0.25) is 4.79 Å². The van der Waals surface area contributed by atoms with E-state index in [0.717, 1.165) is 42.6 Å². The molecule has 0 unspecified atom stereocenters. The summed E-state index contributed by atoms with van der Waals surface area (Å²) in [7, 11) is 3.50. The predicted octanol–water partition coefficient (Wildman–Crippen LogP) is 3.40. The highest BCUT2D eigenvalue weighted by Crippen LogP contribution is 2.47. The van der Waals surface area contributed by atoms with E-state index in [2.05, 4.69) is 12.9 Å². The molecule has 1 fully saturated rings. The number of hydrogen-bond acceptors (Lipinski definition) is 5. The van der Waals surface area contributed by atoms with Gasteiger partial charge in [-0.25, -0.2) is 0 Å². The van der Waals surface area contributed by atoms with E-state index in [4.69, 9.17) is 20.6 Å². The average Bonchev–Trinajstić information content (AvgIpc) is 2.77. The maximum atomic E-state index is 13.2. The Morgan fingerprint density at radius 1 is 1.20 bits per heavy atom. The van der Waals surface area contributed by atoms with Gasteiger partial charge in [-0.2, -0.15) is 5.06 Å². The predicted molar refractivity (Wildman–Crippen MR) is 101 cm³/mol. The molecular weight excluding hydrogens is 360 g/mol. The maximum Gasteiger partial charge on any atom is 0.258 e. The second-order valence-corrected chi connectivity index (χ2v) is 7.34. The zero-order valence-electron chi connectivity index (χ0n) is 14.9. The van der Waals surface area contributed by atoms with Gasteiger partial charge in [0.25, 0.3) is 5.91 Å². The molecule has 1 aromatic carbocycles. The Bertz CT molecular complexity index is 719. The lowest BCUT2D eigenvalue weighted by molar-refractivity contribution is -0.161. The molecule has 1 saturated heterocycles. The zero-order chi connectivity index (χ0) is 18.4. The quantitative estimate of drug-likeness (QED) is 0.642. The number of rotatable bonds is 3. The van der Waals surface area contributed by atoms with Crippen LogP contribution in [-0.4, -0.2) is 48.7 Å². The first kappa shape index (κ1) is 18.6. The van der Waals surface area contributed by atoms with Crippen LogP contribution in [-0.2, 0) is 13.8 Å². The van der Waals surface area contributed by atoms with Gasteiger partial charge in [0, 0.05) is 38.1 Å². The second-order valence-electron chi connectivity index (χ2n) is 6.72. The summed E-state index contributed by atoms with van der Waals surface area (Å²) < 4.78 is 5.54. The van der Waals surface area contributed by atoms with Gasteiger partial charge in [-0.1, -0.05) is 11.6 Å². The molecule has 25 heavy (non-hydrogen) atoms. The summed E-state index contributed by atoms with van der Waals surface area (Å²) in [6.07, 6.45) is 1.46. The molecule has 0 radical (unpaired) electrons. The molecule has 1 aromatic rings. The molecule has 3 rings (SSSR count). The van der Waals surface area contributed by atoms with Crippen LogP contribution in [0.4, 0.5) is 0 Å². The van der Waals surface area contributed by atoms with Crippen LogP contribution >= 0.6 is 24.5 Å². The SMILES string of the molecule is CON1CCC2(CC1)C(OS)=C(c1c(C)cc(Cl)cc1C)C(=O)N2C. The number of amides is 1. The fourth-order valence-corrected chi connectivity index (χ4v) is 4.69. The van der Waals surface area contributed by atoms with Gasteiger partial charge in [0.1, 0.15) is 5.54 Å². The number of thiol groups is 1. The van der Waals surface area contributed by atoms with Crippen molar-refractivity contribution in [3.8, 4) is 0 Å². The molecule has 2 aliphatic heterocycles. The summed E-state index contributed by atoms with van der Waals surface area (Å²) in [5.74, 6) is 0.594. The summed E-state index contributed by atoms with van der Waals surface area (Å²) in [4.78, 5) is 20.3. The van der Waals surface area contributed by atoms with Crippen LogP contribution < -0.4 is 0 Å². The molecule has 2 heterocycles. The summed E-state index contributed by atoms with van der Waals surface area (Å²) >= 11 is 10.3. The average molecular weight is 383 g/mol. The fraction of sp³-hybridized carbons (Fsp3) is 0.500. The number of aryl methyl sites for hydroxylation is 2. The first-order valence-corrected chi connectivity index (χ1v) is 9.00. The minimum atomic E-state index is -0.484. The number of hydrogen-bond donors (Lipinski definition) is 1.